The average Bonchev–Trinajstić information content (AvgIpc) is 2.95. The Hall–Kier alpha value is -0.720. The van der Waals surface area contributed by atoms with E-state index >= 15 is 0 Å². The van der Waals surface area contributed by atoms with Gasteiger partial charge in [-0.05, 0) is 43.5 Å². The molecule has 2 saturated heterocycles. The van der Waals surface area contributed by atoms with E-state index in [4.69, 9.17) is 16.3 Å². The third-order valence-electron chi connectivity index (χ3n) is 5.98. The van der Waals surface area contributed by atoms with E-state index in [1.165, 1.54) is 6.07 Å². The summed E-state index contributed by atoms with van der Waals surface area (Å²) in [5, 5.41) is 10.3. The number of nitrogens with zero attached hydrogens (tertiary/aromatic N) is 2. The number of rotatable bonds is 6. The Morgan fingerprint density at radius 3 is 2.72 bits per heavy atom. The van der Waals surface area contributed by atoms with Crippen LogP contribution in [0.2, 0.25) is 5.02 Å². The second kappa shape index (κ2) is 8.31. The molecule has 0 aliphatic carbocycles. The van der Waals surface area contributed by atoms with E-state index in [1.807, 2.05) is 0 Å². The van der Waals surface area contributed by atoms with Crippen LogP contribution in [-0.4, -0.2) is 68.0 Å². The van der Waals surface area contributed by atoms with Gasteiger partial charge in [0.15, 0.2) is 0 Å². The molecule has 0 aromatic heterocycles. The van der Waals surface area contributed by atoms with Crippen LogP contribution in [0.5, 0.6) is 0 Å². The minimum Gasteiger partial charge on any atom is -0.396 e. The molecule has 2 aliphatic heterocycles. The van der Waals surface area contributed by atoms with Crippen molar-refractivity contribution in [3.05, 3.63) is 34.6 Å². The molecule has 2 aliphatic rings. The van der Waals surface area contributed by atoms with Gasteiger partial charge >= 0.3 is 0 Å². The van der Waals surface area contributed by atoms with Crippen molar-refractivity contribution in [2.45, 2.75) is 19.4 Å². The predicted molar refractivity (Wildman–Crippen MR) is 97.2 cm³/mol. The van der Waals surface area contributed by atoms with Gasteiger partial charge in [0, 0.05) is 56.4 Å². The van der Waals surface area contributed by atoms with Crippen LogP contribution in [0, 0.1) is 17.2 Å². The number of aliphatic hydroxyl groups is 1. The SMILES string of the molecule is COCCN1CC(CO)C2(CCN(Cc3ccc(Cl)cc3F)CC2)C1. The Morgan fingerprint density at radius 1 is 1.32 bits per heavy atom. The van der Waals surface area contributed by atoms with Gasteiger partial charge in [0.25, 0.3) is 0 Å². The summed E-state index contributed by atoms with van der Waals surface area (Å²) >= 11 is 5.83. The molecule has 1 aromatic carbocycles. The van der Waals surface area contributed by atoms with Crippen molar-refractivity contribution in [2.24, 2.45) is 11.3 Å². The Bertz CT molecular complexity index is 579. The van der Waals surface area contributed by atoms with Crippen molar-refractivity contribution in [3.8, 4) is 0 Å². The summed E-state index contributed by atoms with van der Waals surface area (Å²) in [6.07, 6.45) is 2.10. The summed E-state index contributed by atoms with van der Waals surface area (Å²) in [5.41, 5.74) is 0.893. The standard InChI is InChI=1S/C19H28ClFN2O2/c1-25-9-8-23-12-16(13-24)19(14-23)4-6-22(7-5-19)11-15-2-3-17(20)10-18(15)21/h2-3,10,16,24H,4-9,11-14H2,1H3. The van der Waals surface area contributed by atoms with Gasteiger partial charge in [-0.3, -0.25) is 4.90 Å². The second-order valence-corrected chi connectivity index (χ2v) is 7.92. The zero-order valence-electron chi connectivity index (χ0n) is 14.9. The molecule has 2 fully saturated rings. The van der Waals surface area contributed by atoms with Crippen molar-refractivity contribution in [3.63, 3.8) is 0 Å². The van der Waals surface area contributed by atoms with E-state index in [0.717, 1.165) is 52.2 Å². The number of piperidine rings is 1. The Kier molecular flexibility index (Phi) is 6.34. The molecule has 0 radical (unpaired) electrons. The normalized spacial score (nSPS) is 24.2. The predicted octanol–water partition coefficient (Wildman–Crippen LogP) is 2.63. The number of hydrogen-bond acceptors (Lipinski definition) is 4. The van der Waals surface area contributed by atoms with Gasteiger partial charge in [-0.2, -0.15) is 0 Å². The summed E-state index contributed by atoms with van der Waals surface area (Å²) in [4.78, 5) is 4.72. The molecular formula is C19H28ClFN2O2. The Balaban J connectivity index is 1.58. The van der Waals surface area contributed by atoms with Crippen LogP contribution >= 0.6 is 11.6 Å². The van der Waals surface area contributed by atoms with Gasteiger partial charge in [0.1, 0.15) is 5.82 Å². The van der Waals surface area contributed by atoms with Gasteiger partial charge in [-0.1, -0.05) is 17.7 Å². The van der Waals surface area contributed by atoms with Gasteiger partial charge in [0.2, 0.25) is 0 Å². The number of hydrogen-bond donors (Lipinski definition) is 1. The Morgan fingerprint density at radius 2 is 2.08 bits per heavy atom. The maximum atomic E-state index is 14.0. The first-order chi connectivity index (χ1) is 12.1. The lowest BCUT2D eigenvalue weighted by atomic mass is 9.71. The van der Waals surface area contributed by atoms with Crippen molar-refractivity contribution in [2.75, 3.05) is 53.0 Å². The number of benzene rings is 1. The third kappa shape index (κ3) is 4.34. The first-order valence-electron chi connectivity index (χ1n) is 9.05. The quantitative estimate of drug-likeness (QED) is 0.835. The second-order valence-electron chi connectivity index (χ2n) is 7.48. The van der Waals surface area contributed by atoms with E-state index in [-0.39, 0.29) is 17.8 Å². The van der Waals surface area contributed by atoms with E-state index in [9.17, 15) is 9.50 Å². The highest BCUT2D eigenvalue weighted by molar-refractivity contribution is 6.30. The molecule has 25 heavy (non-hydrogen) atoms. The molecule has 0 saturated carbocycles. The molecule has 0 amide bonds. The fourth-order valence-corrected chi connectivity index (χ4v) is 4.56. The first kappa shape index (κ1) is 19.1. The highest BCUT2D eigenvalue weighted by Gasteiger charge is 2.47. The van der Waals surface area contributed by atoms with Crippen LogP contribution in [0.25, 0.3) is 0 Å². The van der Waals surface area contributed by atoms with Gasteiger partial charge in [-0.15, -0.1) is 0 Å². The molecule has 1 unspecified atom stereocenters. The van der Waals surface area contributed by atoms with Crippen LogP contribution in [0.15, 0.2) is 18.2 Å². The molecule has 1 aromatic rings. The van der Waals surface area contributed by atoms with E-state index < -0.39 is 0 Å². The van der Waals surface area contributed by atoms with Crippen LogP contribution in [-0.2, 0) is 11.3 Å². The van der Waals surface area contributed by atoms with Crippen molar-refractivity contribution in [1.82, 2.24) is 9.80 Å². The van der Waals surface area contributed by atoms with Gasteiger partial charge in [0.05, 0.1) is 6.61 Å². The monoisotopic (exact) mass is 370 g/mol. The largest absolute Gasteiger partial charge is 0.396 e. The smallest absolute Gasteiger partial charge is 0.129 e. The average molecular weight is 371 g/mol. The zero-order chi connectivity index (χ0) is 17.9. The molecule has 3 rings (SSSR count). The van der Waals surface area contributed by atoms with Gasteiger partial charge in [-0.25, -0.2) is 4.39 Å². The summed E-state index contributed by atoms with van der Waals surface area (Å²) < 4.78 is 19.2. The highest BCUT2D eigenvalue weighted by atomic mass is 35.5. The maximum absolute atomic E-state index is 14.0. The first-order valence-corrected chi connectivity index (χ1v) is 9.42. The third-order valence-corrected chi connectivity index (χ3v) is 6.21. The van der Waals surface area contributed by atoms with Crippen LogP contribution in [0.3, 0.4) is 0 Å². The van der Waals surface area contributed by atoms with E-state index in [1.54, 1.807) is 19.2 Å². The molecule has 4 nitrogen and oxygen atoms in total. The van der Waals surface area contributed by atoms with Crippen molar-refractivity contribution < 1.29 is 14.2 Å². The minimum atomic E-state index is -0.229. The summed E-state index contributed by atoms with van der Waals surface area (Å²) in [6.45, 7) is 6.39. The van der Waals surface area contributed by atoms with Crippen molar-refractivity contribution >= 4 is 11.6 Å². The minimum absolute atomic E-state index is 0.192. The number of likely N-dealkylation sites (tertiary alicyclic amines) is 2. The summed E-state index contributed by atoms with van der Waals surface area (Å²) in [7, 11) is 1.73. The molecule has 0 bridgehead atoms. The van der Waals surface area contributed by atoms with E-state index in [2.05, 4.69) is 9.80 Å². The summed E-state index contributed by atoms with van der Waals surface area (Å²) in [5.74, 6) is 0.103. The fraction of sp³-hybridized carbons (Fsp3) is 0.684. The number of aliphatic hydroxyl groups excluding tert-OH is 1. The molecule has 1 N–H and O–H groups in total. The number of ether oxygens (including phenoxy) is 1. The lowest BCUT2D eigenvalue weighted by molar-refractivity contribution is 0.0473. The van der Waals surface area contributed by atoms with Crippen LogP contribution in [0.4, 0.5) is 4.39 Å². The Labute approximate surface area is 154 Å². The topological polar surface area (TPSA) is 35.9 Å². The zero-order valence-corrected chi connectivity index (χ0v) is 15.6. The lowest BCUT2D eigenvalue weighted by Gasteiger charge is -2.42. The fourth-order valence-electron chi connectivity index (χ4n) is 4.40. The highest BCUT2D eigenvalue weighted by Crippen LogP contribution is 2.44. The lowest BCUT2D eigenvalue weighted by Crippen LogP contribution is -2.44. The summed E-state index contributed by atoms with van der Waals surface area (Å²) in [6, 6.07) is 4.91. The molecule has 140 valence electrons. The number of halogens is 2. The molecule has 2 heterocycles. The molecular weight excluding hydrogens is 343 g/mol. The molecule has 1 spiro atoms. The van der Waals surface area contributed by atoms with E-state index in [0.29, 0.717) is 23.0 Å². The van der Waals surface area contributed by atoms with Crippen LogP contribution < -0.4 is 0 Å². The van der Waals surface area contributed by atoms with Crippen molar-refractivity contribution in [1.29, 1.82) is 0 Å². The molecule has 1 atom stereocenters. The van der Waals surface area contributed by atoms with Gasteiger partial charge < -0.3 is 14.7 Å². The number of methoxy groups -OCH3 is 1. The van der Waals surface area contributed by atoms with Crippen LogP contribution in [0.1, 0.15) is 18.4 Å². The molecule has 6 heteroatoms. The maximum Gasteiger partial charge on any atom is 0.129 e.